The number of ether oxygens (including phenoxy) is 1. The first-order valence-electron chi connectivity index (χ1n) is 10.5. The molecule has 0 spiro atoms. The van der Waals surface area contributed by atoms with Gasteiger partial charge in [-0.3, -0.25) is 13.7 Å². The minimum Gasteiger partial charge on any atom is -0.388 e. The number of rotatable bonds is 8. The summed E-state index contributed by atoms with van der Waals surface area (Å²) < 4.78 is 50.8. The molecule has 0 aromatic rings. The fraction of sp³-hybridized carbons (Fsp3) is 1.00. The third-order valence-electron chi connectivity index (χ3n) is 7.16. The van der Waals surface area contributed by atoms with Crippen LogP contribution in [0.25, 0.3) is 0 Å². The Morgan fingerprint density at radius 3 is 1.94 bits per heavy atom. The molecule has 6 atom stereocenters. The summed E-state index contributed by atoms with van der Waals surface area (Å²) in [4.78, 5) is 27.3. The largest absolute Gasteiger partial charge is 0.388 e. The third-order valence-corrected chi connectivity index (χ3v) is 12.9. The van der Waals surface area contributed by atoms with Crippen LogP contribution in [-0.4, -0.2) is 69.4 Å². The van der Waals surface area contributed by atoms with Crippen LogP contribution in [0.1, 0.15) is 38.5 Å². The number of aliphatic hydroxyl groups is 2. The summed E-state index contributed by atoms with van der Waals surface area (Å²) in [5.74, 6) is 0.362. The maximum atomic E-state index is 12.4. The van der Waals surface area contributed by atoms with Crippen molar-refractivity contribution in [2.75, 3.05) is 12.5 Å². The van der Waals surface area contributed by atoms with Crippen LogP contribution in [0, 0.1) is 23.2 Å². The summed E-state index contributed by atoms with van der Waals surface area (Å²) in [5.41, 5.74) is -0.194. The van der Waals surface area contributed by atoms with Gasteiger partial charge in [0.05, 0.1) is 12.7 Å². The molecule has 178 valence electrons. The van der Waals surface area contributed by atoms with E-state index in [4.69, 9.17) is 19.0 Å². The molecule has 4 saturated carbocycles. The SMILES string of the molecule is BP(=O)(OCC1OC(C23CC4CC(CC(C4)C2)C3)C(O)C1O)OP(=O)(O)CP(=O)(O)O. The molecule has 0 aromatic carbocycles. The van der Waals surface area contributed by atoms with Crippen LogP contribution in [0.4, 0.5) is 0 Å². The Labute approximate surface area is 181 Å². The van der Waals surface area contributed by atoms with E-state index in [1.165, 1.54) is 19.3 Å². The predicted octanol–water partition coefficient (Wildman–Crippen LogP) is 0.787. The quantitative estimate of drug-likeness (QED) is 0.234. The molecule has 4 bridgehead atoms. The molecule has 1 aliphatic heterocycles. The van der Waals surface area contributed by atoms with E-state index in [2.05, 4.69) is 4.31 Å². The van der Waals surface area contributed by atoms with Crippen molar-refractivity contribution in [3.05, 3.63) is 0 Å². The van der Waals surface area contributed by atoms with Crippen molar-refractivity contribution in [2.24, 2.45) is 23.2 Å². The van der Waals surface area contributed by atoms with Gasteiger partial charge in [0.25, 0.3) is 15.0 Å². The predicted molar refractivity (Wildman–Crippen MR) is 111 cm³/mol. The van der Waals surface area contributed by atoms with Gasteiger partial charge in [0.1, 0.15) is 18.3 Å². The lowest BCUT2D eigenvalue weighted by Crippen LogP contribution is -2.54. The molecular weight excluding hydrogens is 472 g/mol. The van der Waals surface area contributed by atoms with Gasteiger partial charge in [-0.05, 0) is 56.3 Å². The fourth-order valence-corrected chi connectivity index (χ4v) is 11.6. The summed E-state index contributed by atoms with van der Waals surface area (Å²) in [6.07, 6.45) is 2.50. The zero-order valence-electron chi connectivity index (χ0n) is 17.2. The highest BCUT2D eigenvalue weighted by atomic mass is 31.3. The number of aliphatic hydroxyl groups excluding tert-OH is 2. The Morgan fingerprint density at radius 2 is 1.45 bits per heavy atom. The van der Waals surface area contributed by atoms with Gasteiger partial charge in [-0.15, -0.1) is 0 Å². The van der Waals surface area contributed by atoms with E-state index in [-0.39, 0.29) is 5.41 Å². The second-order valence-corrected chi connectivity index (χ2v) is 16.1. The Hall–Kier alpha value is 0.435. The molecule has 1 heterocycles. The van der Waals surface area contributed by atoms with Crippen LogP contribution in [0.15, 0.2) is 0 Å². The molecule has 1 saturated heterocycles. The van der Waals surface area contributed by atoms with E-state index in [0.29, 0.717) is 17.8 Å². The van der Waals surface area contributed by atoms with Gasteiger partial charge in [0, 0.05) is 5.41 Å². The number of hydrogen-bond donors (Lipinski definition) is 5. The molecule has 0 aromatic heterocycles. The lowest BCUT2D eigenvalue weighted by molar-refractivity contribution is -0.158. The maximum absolute atomic E-state index is 12.4. The summed E-state index contributed by atoms with van der Waals surface area (Å²) in [7, 11) is -13.1. The van der Waals surface area contributed by atoms with Crippen molar-refractivity contribution in [1.82, 2.24) is 0 Å². The zero-order valence-corrected chi connectivity index (χ0v) is 19.9. The summed E-state index contributed by atoms with van der Waals surface area (Å²) >= 11 is 0. The molecule has 31 heavy (non-hydrogen) atoms. The lowest BCUT2D eigenvalue weighted by atomic mass is 9.48. The monoisotopic (exact) mass is 502 g/mol. The molecule has 15 heteroatoms. The van der Waals surface area contributed by atoms with Gasteiger partial charge < -0.3 is 34.2 Å². The van der Waals surface area contributed by atoms with E-state index in [1.807, 2.05) is 0 Å². The van der Waals surface area contributed by atoms with Crippen LogP contribution in [0.5, 0.6) is 0 Å². The van der Waals surface area contributed by atoms with Crippen molar-refractivity contribution in [3.8, 4) is 0 Å². The van der Waals surface area contributed by atoms with E-state index >= 15 is 0 Å². The van der Waals surface area contributed by atoms with Gasteiger partial charge in [-0.25, -0.2) is 4.31 Å². The highest BCUT2D eigenvalue weighted by molar-refractivity contribution is 7.85. The van der Waals surface area contributed by atoms with Gasteiger partial charge in [-0.1, -0.05) is 0 Å². The normalized spacial score (nSPS) is 46.0. The lowest BCUT2D eigenvalue weighted by Gasteiger charge is -2.59. The Bertz CT molecular complexity index is 811. The van der Waals surface area contributed by atoms with Crippen molar-refractivity contribution >= 4 is 30.2 Å². The van der Waals surface area contributed by atoms with Crippen molar-refractivity contribution < 1.29 is 52.2 Å². The zero-order chi connectivity index (χ0) is 22.8. The highest BCUT2D eigenvalue weighted by Gasteiger charge is 2.60. The van der Waals surface area contributed by atoms with Gasteiger partial charge in [0.15, 0.2) is 5.90 Å². The van der Waals surface area contributed by atoms with Crippen LogP contribution in [0.3, 0.4) is 0 Å². The molecule has 6 unspecified atom stereocenters. The summed E-state index contributed by atoms with van der Waals surface area (Å²) in [5, 5.41) is 21.2. The Kier molecular flexibility index (Phi) is 6.56. The first-order valence-corrected chi connectivity index (χ1v) is 16.0. The van der Waals surface area contributed by atoms with Crippen molar-refractivity contribution in [3.63, 3.8) is 0 Å². The number of hydrogen-bond acceptors (Lipinski definition) is 8. The smallest absolute Gasteiger partial charge is 0.346 e. The Morgan fingerprint density at radius 1 is 0.935 bits per heavy atom. The summed E-state index contributed by atoms with van der Waals surface area (Å²) in [6, 6.07) is 0. The fourth-order valence-electron chi connectivity index (χ4n) is 6.64. The van der Waals surface area contributed by atoms with Crippen LogP contribution >= 0.6 is 22.7 Å². The second-order valence-electron chi connectivity index (χ2n) is 9.95. The van der Waals surface area contributed by atoms with E-state index in [1.54, 1.807) is 0 Å². The highest BCUT2D eigenvalue weighted by Crippen LogP contribution is 2.65. The maximum Gasteiger partial charge on any atom is 0.346 e. The van der Waals surface area contributed by atoms with Crippen LogP contribution in [-0.2, 0) is 27.3 Å². The van der Waals surface area contributed by atoms with Gasteiger partial charge >= 0.3 is 15.2 Å². The topological polar surface area (TPSA) is 180 Å². The third kappa shape index (κ3) is 5.41. The van der Waals surface area contributed by atoms with Crippen molar-refractivity contribution in [2.45, 2.75) is 62.9 Å². The van der Waals surface area contributed by atoms with E-state index < -0.39 is 59.6 Å². The second kappa shape index (κ2) is 8.28. The minimum absolute atomic E-state index is 0.194. The molecule has 11 nitrogen and oxygen atoms in total. The first-order chi connectivity index (χ1) is 14.2. The minimum atomic E-state index is -4.88. The van der Waals surface area contributed by atoms with Crippen LogP contribution in [0.2, 0.25) is 0 Å². The molecular formula is C16H30BO11P3. The van der Waals surface area contributed by atoms with Crippen molar-refractivity contribution in [1.29, 1.82) is 0 Å². The summed E-state index contributed by atoms with van der Waals surface area (Å²) in [6.45, 7) is -0.467. The standard InChI is InChI=1S/C16H30BO11P3/c17-31(25,28-30(23,24)8-29(20,21)22)26-7-12-13(18)14(19)15(27-12)16-4-9-1-10(5-16)3-11(2-9)6-16/h9-15,18-19H,1-8,17H2,(H,23,24)(H2,20,21,22). The molecule has 5 N–H and O–H groups in total. The Balaban J connectivity index is 1.38. The van der Waals surface area contributed by atoms with Crippen LogP contribution < -0.4 is 0 Å². The van der Waals surface area contributed by atoms with Gasteiger partial charge in [0.2, 0.25) is 0 Å². The molecule has 5 aliphatic rings. The molecule has 5 rings (SSSR count). The van der Waals surface area contributed by atoms with Gasteiger partial charge in [-0.2, -0.15) is 0 Å². The van der Waals surface area contributed by atoms with E-state index in [0.717, 1.165) is 26.8 Å². The molecule has 5 fully saturated rings. The average Bonchev–Trinajstić information content (AvgIpc) is 2.84. The first kappa shape index (κ1) is 24.6. The molecule has 4 aliphatic carbocycles. The molecule has 0 amide bonds. The van der Waals surface area contributed by atoms with E-state index in [9.17, 15) is 28.8 Å². The average molecular weight is 502 g/mol. The molecule has 0 radical (unpaired) electrons.